The van der Waals surface area contributed by atoms with E-state index >= 15 is 0 Å². The summed E-state index contributed by atoms with van der Waals surface area (Å²) in [5.74, 6) is 0.469. The van der Waals surface area contributed by atoms with Gasteiger partial charge in [-0.2, -0.15) is 0 Å². The Bertz CT molecular complexity index is 592. The molecule has 0 aromatic carbocycles. The van der Waals surface area contributed by atoms with Gasteiger partial charge in [-0.05, 0) is 25.6 Å². The highest BCUT2D eigenvalue weighted by Crippen LogP contribution is 2.21. The van der Waals surface area contributed by atoms with E-state index in [2.05, 4.69) is 17.2 Å². The van der Waals surface area contributed by atoms with Crippen LogP contribution in [0.1, 0.15) is 19.5 Å². The van der Waals surface area contributed by atoms with Crippen LogP contribution in [0.25, 0.3) is 5.65 Å². The lowest BCUT2D eigenvalue weighted by Gasteiger charge is -2.20. The van der Waals surface area contributed by atoms with Crippen LogP contribution in [0.15, 0.2) is 24.4 Å². The predicted molar refractivity (Wildman–Crippen MR) is 79.7 cm³/mol. The largest absolute Gasteiger partial charge is 0.368 e. The molecule has 0 unspecified atom stereocenters. The molecule has 0 bridgehead atoms. The van der Waals surface area contributed by atoms with Crippen LogP contribution in [-0.2, 0) is 11.3 Å². The molecule has 1 amide bonds. The summed E-state index contributed by atoms with van der Waals surface area (Å²) in [6.07, 6.45) is 1.98. The minimum atomic E-state index is -0.349. The van der Waals surface area contributed by atoms with Crippen molar-refractivity contribution in [2.75, 3.05) is 24.5 Å². The van der Waals surface area contributed by atoms with Crippen molar-refractivity contribution < 1.29 is 4.79 Å². The summed E-state index contributed by atoms with van der Waals surface area (Å²) in [7, 11) is 0. The Kier molecular flexibility index (Phi) is 4.57. The van der Waals surface area contributed by atoms with E-state index in [9.17, 15) is 4.79 Å². The van der Waals surface area contributed by atoms with E-state index in [1.54, 1.807) is 0 Å². The maximum absolute atomic E-state index is 11.2. The number of anilines is 1. The minimum absolute atomic E-state index is 0.180. The Balaban J connectivity index is 2.46. The summed E-state index contributed by atoms with van der Waals surface area (Å²) in [4.78, 5) is 17.7. The van der Waals surface area contributed by atoms with Gasteiger partial charge in [-0.3, -0.25) is 4.79 Å². The Morgan fingerprint density at radius 3 is 2.90 bits per heavy atom. The average Bonchev–Trinajstić information content (AvgIpc) is 2.80. The molecule has 6 nitrogen and oxygen atoms in total. The molecule has 0 fully saturated rings. The monoisotopic (exact) mass is 275 g/mol. The fourth-order valence-electron chi connectivity index (χ4n) is 2.22. The van der Waals surface area contributed by atoms with Crippen molar-refractivity contribution in [2.45, 2.75) is 20.4 Å². The average molecular weight is 275 g/mol. The number of hydrogen-bond donors (Lipinski definition) is 2. The second kappa shape index (κ2) is 6.38. The highest BCUT2D eigenvalue weighted by molar-refractivity contribution is 5.79. The van der Waals surface area contributed by atoms with E-state index in [4.69, 9.17) is 5.73 Å². The van der Waals surface area contributed by atoms with Gasteiger partial charge in [-0.15, -0.1) is 0 Å². The molecule has 0 radical (unpaired) electrons. The quantitative estimate of drug-likeness (QED) is 0.782. The molecule has 108 valence electrons. The molecule has 0 aliphatic rings. The zero-order valence-corrected chi connectivity index (χ0v) is 12.0. The number of carbonyl (C=O) groups is 1. The molecular formula is C14H21N5O. The molecule has 2 rings (SSSR count). The zero-order valence-electron chi connectivity index (χ0n) is 12.0. The highest BCUT2D eigenvalue weighted by Gasteiger charge is 2.18. The maximum Gasteiger partial charge on any atom is 0.236 e. The molecule has 2 heterocycles. The Labute approximate surface area is 118 Å². The van der Waals surface area contributed by atoms with Gasteiger partial charge in [-0.1, -0.05) is 13.0 Å². The maximum atomic E-state index is 11.2. The lowest BCUT2D eigenvalue weighted by atomic mass is 10.3. The van der Waals surface area contributed by atoms with Crippen molar-refractivity contribution in [3.8, 4) is 0 Å². The summed E-state index contributed by atoms with van der Waals surface area (Å²) in [6, 6.07) is 5.88. The number of fused-ring (bicyclic) bond motifs is 1. The van der Waals surface area contributed by atoms with Gasteiger partial charge < -0.3 is 20.4 Å². The number of likely N-dealkylation sites (N-methyl/N-ethyl adjacent to an activating group) is 1. The molecule has 0 spiro atoms. The highest BCUT2D eigenvalue weighted by atomic mass is 16.1. The van der Waals surface area contributed by atoms with Crippen LogP contribution in [0.4, 0.5) is 5.82 Å². The molecule has 3 N–H and O–H groups in total. The van der Waals surface area contributed by atoms with Gasteiger partial charge in [0.25, 0.3) is 0 Å². The van der Waals surface area contributed by atoms with Crippen LogP contribution < -0.4 is 16.0 Å². The molecule has 20 heavy (non-hydrogen) atoms. The normalized spacial score (nSPS) is 10.9. The molecule has 0 aliphatic heterocycles. The number of hydrogen-bond acceptors (Lipinski definition) is 4. The molecule has 2 aromatic heterocycles. The van der Waals surface area contributed by atoms with Crippen LogP contribution in [0.5, 0.6) is 0 Å². The number of rotatable bonds is 7. The number of pyridine rings is 1. The van der Waals surface area contributed by atoms with E-state index in [-0.39, 0.29) is 12.5 Å². The molecule has 0 saturated carbocycles. The first-order chi connectivity index (χ1) is 9.67. The molecule has 0 aliphatic carbocycles. The molecular weight excluding hydrogens is 254 g/mol. The summed E-state index contributed by atoms with van der Waals surface area (Å²) < 4.78 is 2.04. The number of nitrogens with two attached hydrogens (primary N) is 1. The van der Waals surface area contributed by atoms with Crippen molar-refractivity contribution in [3.63, 3.8) is 0 Å². The van der Waals surface area contributed by atoms with E-state index in [1.165, 1.54) is 0 Å². The Morgan fingerprint density at radius 2 is 2.25 bits per heavy atom. The summed E-state index contributed by atoms with van der Waals surface area (Å²) >= 11 is 0. The first kappa shape index (κ1) is 14.3. The number of primary amides is 1. The van der Waals surface area contributed by atoms with Gasteiger partial charge in [0.2, 0.25) is 5.91 Å². The molecule has 0 saturated heterocycles. The third-order valence-corrected chi connectivity index (χ3v) is 3.18. The summed E-state index contributed by atoms with van der Waals surface area (Å²) in [5, 5.41) is 3.31. The summed E-state index contributed by atoms with van der Waals surface area (Å²) in [6.45, 7) is 6.49. The van der Waals surface area contributed by atoms with Gasteiger partial charge in [0.05, 0.1) is 12.2 Å². The third kappa shape index (κ3) is 2.91. The summed E-state index contributed by atoms with van der Waals surface area (Å²) in [5.41, 5.74) is 7.24. The Hall–Kier alpha value is -2.08. The lowest BCUT2D eigenvalue weighted by molar-refractivity contribution is -0.116. The van der Waals surface area contributed by atoms with Crippen LogP contribution >= 0.6 is 0 Å². The third-order valence-electron chi connectivity index (χ3n) is 3.18. The first-order valence-corrected chi connectivity index (χ1v) is 6.87. The topological polar surface area (TPSA) is 75.7 Å². The van der Waals surface area contributed by atoms with Crippen molar-refractivity contribution >= 4 is 17.4 Å². The minimum Gasteiger partial charge on any atom is -0.368 e. The first-order valence-electron chi connectivity index (χ1n) is 6.87. The number of imidazole rings is 1. The van der Waals surface area contributed by atoms with Crippen molar-refractivity contribution in [1.29, 1.82) is 0 Å². The lowest BCUT2D eigenvalue weighted by Crippen LogP contribution is -2.34. The number of nitrogens with one attached hydrogen (secondary N) is 1. The number of carbonyl (C=O) groups excluding carboxylic acids is 1. The van der Waals surface area contributed by atoms with E-state index in [0.29, 0.717) is 13.1 Å². The van der Waals surface area contributed by atoms with Gasteiger partial charge in [0, 0.05) is 19.3 Å². The second-order valence-corrected chi connectivity index (χ2v) is 4.57. The fourth-order valence-corrected chi connectivity index (χ4v) is 2.22. The molecule has 0 atom stereocenters. The van der Waals surface area contributed by atoms with Crippen molar-refractivity contribution in [2.24, 2.45) is 5.73 Å². The standard InChI is InChI=1S/C14H21N5O/c1-3-16-9-11-14(18(4-2)10-12(15)20)17-13-7-5-6-8-19(11)13/h5-8,16H,3-4,9-10H2,1-2H3,(H2,15,20). The van der Waals surface area contributed by atoms with Gasteiger partial charge in [0.1, 0.15) is 5.65 Å². The van der Waals surface area contributed by atoms with Gasteiger partial charge in [0.15, 0.2) is 5.82 Å². The van der Waals surface area contributed by atoms with Crippen LogP contribution in [0.3, 0.4) is 0 Å². The van der Waals surface area contributed by atoms with E-state index in [0.717, 1.165) is 23.7 Å². The predicted octanol–water partition coefficient (Wildman–Crippen LogP) is 0.755. The molecule has 2 aromatic rings. The van der Waals surface area contributed by atoms with E-state index in [1.807, 2.05) is 40.6 Å². The number of aromatic nitrogens is 2. The SMILES string of the molecule is CCNCc1c(N(CC)CC(N)=O)nc2ccccn12. The zero-order chi connectivity index (χ0) is 14.5. The fraction of sp³-hybridized carbons (Fsp3) is 0.429. The van der Waals surface area contributed by atoms with Crippen LogP contribution in [-0.4, -0.2) is 34.9 Å². The number of nitrogens with zero attached hydrogens (tertiary/aromatic N) is 3. The molecule has 6 heteroatoms. The second-order valence-electron chi connectivity index (χ2n) is 4.57. The van der Waals surface area contributed by atoms with Gasteiger partial charge in [-0.25, -0.2) is 4.98 Å². The van der Waals surface area contributed by atoms with E-state index < -0.39 is 0 Å². The van der Waals surface area contributed by atoms with Crippen LogP contribution in [0, 0.1) is 0 Å². The number of amides is 1. The van der Waals surface area contributed by atoms with Crippen molar-refractivity contribution in [1.82, 2.24) is 14.7 Å². The van der Waals surface area contributed by atoms with Crippen molar-refractivity contribution in [3.05, 3.63) is 30.1 Å². The van der Waals surface area contributed by atoms with Crippen LogP contribution in [0.2, 0.25) is 0 Å². The smallest absolute Gasteiger partial charge is 0.236 e. The van der Waals surface area contributed by atoms with Gasteiger partial charge >= 0.3 is 0 Å². The Morgan fingerprint density at radius 1 is 1.45 bits per heavy atom.